The SMILES string of the molecule is Cc1nc(C2(NCC(=O)N[C@@H]3CCCC[C@H]3C)CCCCCC2)no1. The van der Waals surface area contributed by atoms with Crippen LogP contribution in [0.25, 0.3) is 0 Å². The molecule has 140 valence electrons. The van der Waals surface area contributed by atoms with Crippen LogP contribution in [0.5, 0.6) is 0 Å². The highest BCUT2D eigenvalue weighted by atomic mass is 16.5. The summed E-state index contributed by atoms with van der Waals surface area (Å²) in [4.78, 5) is 17.0. The van der Waals surface area contributed by atoms with E-state index in [1.807, 2.05) is 6.92 Å². The molecule has 1 amide bonds. The predicted molar refractivity (Wildman–Crippen MR) is 96.0 cm³/mol. The van der Waals surface area contributed by atoms with Crippen LogP contribution in [0.15, 0.2) is 4.52 Å². The maximum absolute atomic E-state index is 12.5. The predicted octanol–water partition coefficient (Wildman–Crippen LogP) is 3.21. The quantitative estimate of drug-likeness (QED) is 0.799. The molecule has 0 aliphatic heterocycles. The van der Waals surface area contributed by atoms with E-state index in [1.165, 1.54) is 32.1 Å². The number of carbonyl (C=O) groups is 1. The number of carbonyl (C=O) groups excluding carboxylic acids is 1. The molecule has 2 aliphatic rings. The average Bonchev–Trinajstić information content (AvgIpc) is 2.90. The fourth-order valence-electron chi connectivity index (χ4n) is 4.34. The van der Waals surface area contributed by atoms with Gasteiger partial charge < -0.3 is 9.84 Å². The van der Waals surface area contributed by atoms with Crippen LogP contribution in [0.1, 0.15) is 82.8 Å². The summed E-state index contributed by atoms with van der Waals surface area (Å²) in [6.07, 6.45) is 11.4. The van der Waals surface area contributed by atoms with Crippen molar-refractivity contribution in [1.82, 2.24) is 20.8 Å². The summed E-state index contributed by atoms with van der Waals surface area (Å²) in [6.45, 7) is 4.38. The molecular formula is C19H32N4O2. The number of hydrogen-bond acceptors (Lipinski definition) is 5. The van der Waals surface area contributed by atoms with Crippen molar-refractivity contribution in [2.45, 2.75) is 89.6 Å². The van der Waals surface area contributed by atoms with Crippen LogP contribution < -0.4 is 10.6 Å². The molecule has 0 saturated heterocycles. The van der Waals surface area contributed by atoms with Gasteiger partial charge in [-0.2, -0.15) is 4.98 Å². The van der Waals surface area contributed by atoms with E-state index in [4.69, 9.17) is 4.52 Å². The molecule has 2 aliphatic carbocycles. The highest BCUT2D eigenvalue weighted by Crippen LogP contribution is 2.34. The second kappa shape index (κ2) is 8.30. The van der Waals surface area contributed by atoms with Gasteiger partial charge in [-0.1, -0.05) is 50.6 Å². The van der Waals surface area contributed by atoms with Gasteiger partial charge in [-0.05, 0) is 31.6 Å². The third-order valence-electron chi connectivity index (χ3n) is 5.96. The fourth-order valence-corrected chi connectivity index (χ4v) is 4.34. The third kappa shape index (κ3) is 4.60. The van der Waals surface area contributed by atoms with Gasteiger partial charge in [0.25, 0.3) is 0 Å². The first-order chi connectivity index (χ1) is 12.1. The van der Waals surface area contributed by atoms with Gasteiger partial charge in [-0.15, -0.1) is 0 Å². The maximum Gasteiger partial charge on any atom is 0.234 e. The number of aryl methyl sites for hydroxylation is 1. The molecule has 2 atom stereocenters. The minimum Gasteiger partial charge on any atom is -0.352 e. The van der Waals surface area contributed by atoms with Gasteiger partial charge in [0.05, 0.1) is 12.1 Å². The summed E-state index contributed by atoms with van der Waals surface area (Å²) in [7, 11) is 0. The Balaban J connectivity index is 1.63. The van der Waals surface area contributed by atoms with Crippen molar-refractivity contribution >= 4 is 5.91 Å². The number of rotatable bonds is 5. The van der Waals surface area contributed by atoms with E-state index in [1.54, 1.807) is 0 Å². The first-order valence-corrected chi connectivity index (χ1v) is 9.94. The van der Waals surface area contributed by atoms with Gasteiger partial charge in [0.15, 0.2) is 5.82 Å². The monoisotopic (exact) mass is 348 g/mol. The summed E-state index contributed by atoms with van der Waals surface area (Å²) >= 11 is 0. The number of hydrogen-bond donors (Lipinski definition) is 2. The normalized spacial score (nSPS) is 26.8. The minimum absolute atomic E-state index is 0.0857. The molecule has 3 rings (SSSR count). The van der Waals surface area contributed by atoms with E-state index in [2.05, 4.69) is 27.7 Å². The molecule has 1 aromatic heterocycles. The lowest BCUT2D eigenvalue weighted by atomic mass is 9.86. The summed E-state index contributed by atoms with van der Waals surface area (Å²) in [5.74, 6) is 1.96. The molecule has 0 aromatic carbocycles. The Hall–Kier alpha value is -1.43. The second-order valence-electron chi connectivity index (χ2n) is 7.92. The van der Waals surface area contributed by atoms with Crippen molar-refractivity contribution in [2.75, 3.05) is 6.54 Å². The molecule has 0 unspecified atom stereocenters. The molecule has 6 heteroatoms. The standard InChI is InChI=1S/C19H32N4O2/c1-14-9-5-6-10-16(14)22-17(24)13-20-19(11-7-3-4-8-12-19)18-21-15(2)25-23-18/h14,16,20H,3-13H2,1-2H3,(H,22,24)/t14-,16-/m1/s1. The van der Waals surface area contributed by atoms with Crippen LogP contribution in [0.4, 0.5) is 0 Å². The first-order valence-electron chi connectivity index (χ1n) is 9.94. The molecule has 1 heterocycles. The zero-order valence-corrected chi connectivity index (χ0v) is 15.6. The summed E-state index contributed by atoms with van der Waals surface area (Å²) in [6, 6.07) is 0.320. The maximum atomic E-state index is 12.5. The van der Waals surface area contributed by atoms with Gasteiger partial charge >= 0.3 is 0 Å². The van der Waals surface area contributed by atoms with Crippen molar-refractivity contribution in [2.24, 2.45) is 5.92 Å². The van der Waals surface area contributed by atoms with E-state index >= 15 is 0 Å². The Morgan fingerprint density at radius 1 is 1.16 bits per heavy atom. The number of nitrogens with one attached hydrogen (secondary N) is 2. The van der Waals surface area contributed by atoms with Gasteiger partial charge in [0.2, 0.25) is 11.8 Å². The van der Waals surface area contributed by atoms with E-state index < -0.39 is 0 Å². The molecule has 0 spiro atoms. The molecule has 0 bridgehead atoms. The lowest BCUT2D eigenvalue weighted by Gasteiger charge is -2.32. The largest absolute Gasteiger partial charge is 0.352 e. The Kier molecular flexibility index (Phi) is 6.10. The van der Waals surface area contributed by atoms with Gasteiger partial charge in [0.1, 0.15) is 0 Å². The summed E-state index contributed by atoms with van der Waals surface area (Å²) < 4.78 is 5.22. The summed E-state index contributed by atoms with van der Waals surface area (Å²) in [5, 5.41) is 10.9. The fraction of sp³-hybridized carbons (Fsp3) is 0.842. The van der Waals surface area contributed by atoms with E-state index in [-0.39, 0.29) is 11.4 Å². The van der Waals surface area contributed by atoms with E-state index in [0.717, 1.165) is 32.1 Å². The lowest BCUT2D eigenvalue weighted by Crippen LogP contribution is -2.50. The van der Waals surface area contributed by atoms with E-state index in [0.29, 0.717) is 30.2 Å². The van der Waals surface area contributed by atoms with Gasteiger partial charge in [-0.3, -0.25) is 10.1 Å². The molecule has 25 heavy (non-hydrogen) atoms. The number of aromatic nitrogens is 2. The van der Waals surface area contributed by atoms with Crippen LogP contribution in [-0.2, 0) is 10.3 Å². The van der Waals surface area contributed by atoms with E-state index in [9.17, 15) is 4.79 Å². The zero-order chi connectivity index (χ0) is 17.7. The second-order valence-corrected chi connectivity index (χ2v) is 7.92. The van der Waals surface area contributed by atoms with Crippen LogP contribution in [0.3, 0.4) is 0 Å². The Labute approximate surface area is 150 Å². The van der Waals surface area contributed by atoms with Crippen LogP contribution in [0, 0.1) is 12.8 Å². The molecule has 0 radical (unpaired) electrons. The van der Waals surface area contributed by atoms with Crippen molar-refractivity contribution < 1.29 is 9.32 Å². The highest BCUT2D eigenvalue weighted by Gasteiger charge is 2.37. The van der Waals surface area contributed by atoms with Gasteiger partial charge in [0, 0.05) is 13.0 Å². The van der Waals surface area contributed by atoms with Crippen LogP contribution in [0.2, 0.25) is 0 Å². The van der Waals surface area contributed by atoms with Crippen molar-refractivity contribution in [1.29, 1.82) is 0 Å². The zero-order valence-electron chi connectivity index (χ0n) is 15.6. The minimum atomic E-state index is -0.330. The highest BCUT2D eigenvalue weighted by molar-refractivity contribution is 5.78. The Morgan fingerprint density at radius 2 is 1.88 bits per heavy atom. The lowest BCUT2D eigenvalue weighted by molar-refractivity contribution is -0.122. The molecule has 2 fully saturated rings. The average molecular weight is 348 g/mol. The molecule has 2 saturated carbocycles. The topological polar surface area (TPSA) is 80.0 Å². The van der Waals surface area contributed by atoms with Crippen molar-refractivity contribution in [3.8, 4) is 0 Å². The summed E-state index contributed by atoms with van der Waals surface area (Å²) in [5.41, 5.74) is -0.330. The molecule has 2 N–H and O–H groups in total. The number of amides is 1. The Morgan fingerprint density at radius 3 is 2.52 bits per heavy atom. The van der Waals surface area contributed by atoms with Crippen molar-refractivity contribution in [3.63, 3.8) is 0 Å². The van der Waals surface area contributed by atoms with Crippen molar-refractivity contribution in [3.05, 3.63) is 11.7 Å². The van der Waals surface area contributed by atoms with Crippen LogP contribution >= 0.6 is 0 Å². The smallest absolute Gasteiger partial charge is 0.234 e. The molecule has 1 aromatic rings. The third-order valence-corrected chi connectivity index (χ3v) is 5.96. The first kappa shape index (κ1) is 18.4. The van der Waals surface area contributed by atoms with Crippen LogP contribution in [-0.4, -0.2) is 28.6 Å². The molecule has 6 nitrogen and oxygen atoms in total. The molecular weight excluding hydrogens is 316 g/mol. The van der Waals surface area contributed by atoms with Gasteiger partial charge in [-0.25, -0.2) is 0 Å². The number of nitrogens with zero attached hydrogens (tertiary/aromatic N) is 2. The Bertz CT molecular complexity index is 564.